The SMILES string of the molecule is C=C(O)C[C@H](NC(=O)CNC(=O)CCCCNc1cccc(C)n1)c1ccc(-c2ccc(OCCOCCOCCCCCOCCC)c3ccccc23)cc1. The van der Waals surface area contributed by atoms with Gasteiger partial charge in [-0.1, -0.05) is 74.2 Å². The van der Waals surface area contributed by atoms with Crippen molar-refractivity contribution in [3.05, 3.63) is 102 Å². The first-order valence-corrected chi connectivity index (χ1v) is 19.9. The van der Waals surface area contributed by atoms with Crippen LogP contribution in [0.25, 0.3) is 21.9 Å². The smallest absolute Gasteiger partial charge is 0.239 e. The van der Waals surface area contributed by atoms with Crippen molar-refractivity contribution in [1.82, 2.24) is 15.6 Å². The highest BCUT2D eigenvalue weighted by atomic mass is 16.5. The Balaban J connectivity index is 1.21. The number of aliphatic hydroxyl groups is 1. The molecule has 1 heterocycles. The van der Waals surface area contributed by atoms with Gasteiger partial charge in [0.2, 0.25) is 11.8 Å². The second-order valence-electron chi connectivity index (χ2n) is 13.7. The van der Waals surface area contributed by atoms with Crippen molar-refractivity contribution in [2.75, 3.05) is 64.7 Å². The van der Waals surface area contributed by atoms with Crippen LogP contribution in [0.4, 0.5) is 5.82 Å². The molecular weight excluding hydrogens is 709 g/mol. The van der Waals surface area contributed by atoms with E-state index in [1.54, 1.807) is 0 Å². The Hall–Kier alpha value is -4.97. The molecule has 4 aromatic rings. The molecular formula is C45H60N4O7. The standard InChI is InChI=1S/C45H60N4O7/c1-4-25-53-26-10-5-11-27-54-28-29-55-30-31-56-42-23-22-38(39-14-6-7-15-40(39)42)36-18-20-37(21-19-36)41(32-35(3)50)49-45(52)33-47-44(51)17-8-9-24-46-43-16-12-13-34(2)48-43/h6-7,12-16,18-23,41,50H,3-5,8-11,17,24-33H2,1-2H3,(H,46,48)(H,47,51)(H,49,52)/t41-/m0/s1. The molecule has 4 N–H and O–H groups in total. The van der Waals surface area contributed by atoms with Crippen LogP contribution >= 0.6 is 0 Å². The molecule has 0 radical (unpaired) electrons. The first-order chi connectivity index (χ1) is 27.3. The molecule has 0 unspecified atom stereocenters. The van der Waals surface area contributed by atoms with Gasteiger partial charge in [0, 0.05) is 50.3 Å². The number of hydrogen-bond donors (Lipinski definition) is 4. The lowest BCUT2D eigenvalue weighted by atomic mass is 9.95. The highest BCUT2D eigenvalue weighted by molar-refractivity contribution is 6.00. The highest BCUT2D eigenvalue weighted by Crippen LogP contribution is 2.35. The first-order valence-electron chi connectivity index (χ1n) is 19.9. The van der Waals surface area contributed by atoms with Gasteiger partial charge in [-0.15, -0.1) is 0 Å². The van der Waals surface area contributed by atoms with Gasteiger partial charge >= 0.3 is 0 Å². The minimum absolute atomic E-state index is 0.0479. The zero-order valence-corrected chi connectivity index (χ0v) is 33.2. The molecule has 0 aliphatic rings. The molecule has 0 fully saturated rings. The molecule has 302 valence electrons. The largest absolute Gasteiger partial charge is 0.513 e. The van der Waals surface area contributed by atoms with E-state index in [1.807, 2.05) is 79.7 Å². The molecule has 4 rings (SSSR count). The van der Waals surface area contributed by atoms with Gasteiger partial charge in [0.25, 0.3) is 0 Å². The fraction of sp³-hybridized carbons (Fsp3) is 0.444. The van der Waals surface area contributed by atoms with Crippen LogP contribution in [0.5, 0.6) is 5.75 Å². The van der Waals surface area contributed by atoms with Gasteiger partial charge in [-0.05, 0) is 85.7 Å². The van der Waals surface area contributed by atoms with E-state index in [0.29, 0.717) is 45.8 Å². The molecule has 0 spiro atoms. The Bertz CT molecular complexity index is 1780. The number of hydrogen-bond acceptors (Lipinski definition) is 9. The number of benzene rings is 3. The van der Waals surface area contributed by atoms with Gasteiger partial charge in [-0.25, -0.2) is 4.98 Å². The number of aliphatic hydroxyl groups excluding tert-OH is 1. The summed E-state index contributed by atoms with van der Waals surface area (Å²) in [5, 5.41) is 21.0. The third kappa shape index (κ3) is 16.0. The van der Waals surface area contributed by atoms with E-state index in [0.717, 1.165) is 96.6 Å². The van der Waals surface area contributed by atoms with Crippen LogP contribution < -0.4 is 20.7 Å². The number of aryl methyl sites for hydroxylation is 1. The molecule has 11 nitrogen and oxygen atoms in total. The monoisotopic (exact) mass is 768 g/mol. The van der Waals surface area contributed by atoms with Gasteiger partial charge in [-0.2, -0.15) is 0 Å². The minimum atomic E-state index is -0.519. The number of pyridine rings is 1. The summed E-state index contributed by atoms with van der Waals surface area (Å²) in [6.07, 6.45) is 6.20. The van der Waals surface area contributed by atoms with Crippen LogP contribution in [0.1, 0.15) is 75.6 Å². The van der Waals surface area contributed by atoms with Gasteiger partial charge in [0.05, 0.1) is 38.2 Å². The number of carbonyl (C=O) groups excluding carboxylic acids is 2. The zero-order valence-electron chi connectivity index (χ0n) is 33.2. The van der Waals surface area contributed by atoms with Crippen LogP contribution in [0.15, 0.2) is 91.2 Å². The lowest BCUT2D eigenvalue weighted by Crippen LogP contribution is -2.38. The van der Waals surface area contributed by atoms with E-state index in [4.69, 9.17) is 18.9 Å². The quantitative estimate of drug-likeness (QED) is 0.0332. The van der Waals surface area contributed by atoms with E-state index < -0.39 is 6.04 Å². The maximum absolute atomic E-state index is 12.9. The van der Waals surface area contributed by atoms with E-state index in [-0.39, 0.29) is 30.5 Å². The Morgan fingerprint density at radius 1 is 0.750 bits per heavy atom. The summed E-state index contributed by atoms with van der Waals surface area (Å²) in [6, 6.07) is 25.3. The van der Waals surface area contributed by atoms with Gasteiger partial charge in [0.1, 0.15) is 18.2 Å². The average Bonchev–Trinajstić information content (AvgIpc) is 3.19. The summed E-state index contributed by atoms with van der Waals surface area (Å²) in [5.41, 5.74) is 3.79. The van der Waals surface area contributed by atoms with Gasteiger partial charge < -0.3 is 40.0 Å². The maximum atomic E-state index is 12.9. The molecule has 0 saturated carbocycles. The summed E-state index contributed by atoms with van der Waals surface area (Å²) < 4.78 is 23.1. The minimum Gasteiger partial charge on any atom is -0.513 e. The Morgan fingerprint density at radius 2 is 1.46 bits per heavy atom. The predicted octanol–water partition coefficient (Wildman–Crippen LogP) is 8.24. The van der Waals surface area contributed by atoms with Gasteiger partial charge in [-0.3, -0.25) is 9.59 Å². The fourth-order valence-electron chi connectivity index (χ4n) is 6.18. The summed E-state index contributed by atoms with van der Waals surface area (Å²) in [4.78, 5) is 29.7. The van der Waals surface area contributed by atoms with E-state index in [2.05, 4.69) is 40.5 Å². The van der Waals surface area contributed by atoms with E-state index >= 15 is 0 Å². The van der Waals surface area contributed by atoms with Crippen LogP contribution in [0.2, 0.25) is 0 Å². The fourth-order valence-corrected chi connectivity index (χ4v) is 6.18. The van der Waals surface area contributed by atoms with Crippen molar-refractivity contribution in [2.45, 2.75) is 71.3 Å². The topological polar surface area (TPSA) is 140 Å². The maximum Gasteiger partial charge on any atom is 0.239 e. The Morgan fingerprint density at radius 3 is 2.20 bits per heavy atom. The molecule has 0 bridgehead atoms. The number of unbranched alkanes of at least 4 members (excludes halogenated alkanes) is 3. The number of nitrogens with zero attached hydrogens (tertiary/aromatic N) is 1. The number of rotatable bonds is 28. The van der Waals surface area contributed by atoms with Crippen molar-refractivity contribution < 1.29 is 33.6 Å². The second-order valence-corrected chi connectivity index (χ2v) is 13.7. The molecule has 11 heteroatoms. The molecule has 56 heavy (non-hydrogen) atoms. The number of carbonyl (C=O) groups is 2. The summed E-state index contributed by atoms with van der Waals surface area (Å²) in [6.45, 7) is 12.6. The van der Waals surface area contributed by atoms with Crippen LogP contribution in [0.3, 0.4) is 0 Å². The lowest BCUT2D eigenvalue weighted by molar-refractivity contribution is -0.126. The number of aromatic nitrogens is 1. The summed E-state index contributed by atoms with van der Waals surface area (Å²) >= 11 is 0. The van der Waals surface area contributed by atoms with Crippen LogP contribution in [0, 0.1) is 6.92 Å². The van der Waals surface area contributed by atoms with Crippen molar-refractivity contribution in [3.8, 4) is 16.9 Å². The number of ether oxygens (including phenoxy) is 4. The van der Waals surface area contributed by atoms with E-state index in [1.165, 1.54) is 0 Å². The second kappa shape index (κ2) is 25.2. The third-order valence-corrected chi connectivity index (χ3v) is 9.04. The normalized spacial score (nSPS) is 11.6. The summed E-state index contributed by atoms with van der Waals surface area (Å²) in [7, 11) is 0. The third-order valence-electron chi connectivity index (χ3n) is 9.04. The predicted molar refractivity (Wildman–Crippen MR) is 223 cm³/mol. The molecule has 1 atom stereocenters. The molecule has 2 amide bonds. The van der Waals surface area contributed by atoms with Crippen molar-refractivity contribution in [2.24, 2.45) is 0 Å². The van der Waals surface area contributed by atoms with Crippen molar-refractivity contribution >= 4 is 28.4 Å². The first kappa shape index (κ1) is 43.8. The number of fused-ring (bicyclic) bond motifs is 1. The van der Waals surface area contributed by atoms with E-state index in [9.17, 15) is 14.7 Å². The van der Waals surface area contributed by atoms with Crippen molar-refractivity contribution in [3.63, 3.8) is 0 Å². The average molecular weight is 769 g/mol. The van der Waals surface area contributed by atoms with Crippen LogP contribution in [-0.2, 0) is 23.8 Å². The summed E-state index contributed by atoms with van der Waals surface area (Å²) in [5.74, 6) is 1.01. The lowest BCUT2D eigenvalue weighted by Gasteiger charge is -2.20. The van der Waals surface area contributed by atoms with Gasteiger partial charge in [0.15, 0.2) is 0 Å². The molecule has 3 aromatic carbocycles. The zero-order chi connectivity index (χ0) is 39.8. The molecule has 0 aliphatic heterocycles. The Kier molecular flexibility index (Phi) is 19.7. The number of nitrogens with one attached hydrogen (secondary N) is 3. The molecule has 0 saturated heterocycles. The number of amides is 2. The molecule has 1 aromatic heterocycles. The molecule has 0 aliphatic carbocycles. The van der Waals surface area contributed by atoms with Crippen LogP contribution in [-0.4, -0.2) is 81.2 Å². The number of anilines is 1. The highest BCUT2D eigenvalue weighted by Gasteiger charge is 2.17. The Labute approximate surface area is 332 Å². The van der Waals surface area contributed by atoms with Crippen molar-refractivity contribution in [1.29, 1.82) is 0 Å².